The summed E-state index contributed by atoms with van der Waals surface area (Å²) in [5, 5.41) is 12.5. The highest BCUT2D eigenvalue weighted by Crippen LogP contribution is 2.41. The predicted molar refractivity (Wildman–Crippen MR) is 122 cm³/mol. The van der Waals surface area contributed by atoms with Crippen LogP contribution in [0.5, 0.6) is 0 Å². The molecule has 10 heteroatoms. The van der Waals surface area contributed by atoms with E-state index in [0.29, 0.717) is 0 Å². The fourth-order valence-corrected chi connectivity index (χ4v) is 5.19. The van der Waals surface area contributed by atoms with Gasteiger partial charge in [0.15, 0.2) is 0 Å². The van der Waals surface area contributed by atoms with Gasteiger partial charge in [0.1, 0.15) is 17.6 Å². The van der Waals surface area contributed by atoms with Crippen LogP contribution in [0.1, 0.15) is 43.2 Å². The van der Waals surface area contributed by atoms with Gasteiger partial charge in [-0.3, -0.25) is 4.31 Å². The summed E-state index contributed by atoms with van der Waals surface area (Å²) in [5.41, 5.74) is 0.167. The summed E-state index contributed by atoms with van der Waals surface area (Å²) < 4.78 is 68.3. The molecule has 0 aliphatic carbocycles. The minimum absolute atomic E-state index is 0.00233. The monoisotopic (exact) mass is 486 g/mol. The molecule has 1 aliphatic heterocycles. The lowest BCUT2D eigenvalue weighted by Gasteiger charge is -2.26. The molecule has 0 amide bonds. The van der Waals surface area contributed by atoms with E-state index in [2.05, 4.69) is 10.3 Å². The van der Waals surface area contributed by atoms with Crippen molar-refractivity contribution < 1.29 is 21.6 Å². The van der Waals surface area contributed by atoms with Crippen LogP contribution in [-0.4, -0.2) is 13.4 Å². The molecule has 1 N–H and O–H groups in total. The zero-order valence-electron chi connectivity index (χ0n) is 18.6. The first-order valence-electron chi connectivity index (χ1n) is 10.3. The third-order valence-electron chi connectivity index (χ3n) is 5.55. The van der Waals surface area contributed by atoms with E-state index in [1.54, 1.807) is 12.1 Å². The molecular formula is C24H21F3N4O2S. The Labute approximate surface area is 195 Å². The molecule has 176 valence electrons. The fourth-order valence-electron chi connectivity index (χ4n) is 3.71. The number of nitrogens with zero attached hydrogens (tertiary/aromatic N) is 3. The first kappa shape index (κ1) is 23.6. The minimum Gasteiger partial charge on any atom is -0.338 e. The number of hydrogen-bond donors (Lipinski definition) is 1. The number of rotatable bonds is 2. The molecule has 0 saturated heterocycles. The Hall–Kier alpha value is -3.58. The summed E-state index contributed by atoms with van der Waals surface area (Å²) in [7, 11) is -4.18. The van der Waals surface area contributed by atoms with Crippen molar-refractivity contribution in [3.05, 3.63) is 77.0 Å². The number of benzene rings is 2. The van der Waals surface area contributed by atoms with Crippen LogP contribution >= 0.6 is 0 Å². The van der Waals surface area contributed by atoms with Gasteiger partial charge in [0.25, 0.3) is 10.0 Å². The van der Waals surface area contributed by atoms with Crippen molar-refractivity contribution in [3.63, 3.8) is 0 Å². The largest absolute Gasteiger partial charge is 0.433 e. The number of nitriles is 1. The van der Waals surface area contributed by atoms with E-state index in [4.69, 9.17) is 0 Å². The van der Waals surface area contributed by atoms with Crippen molar-refractivity contribution in [1.82, 2.24) is 4.98 Å². The molecule has 6 nitrogen and oxygen atoms in total. The third kappa shape index (κ3) is 4.19. The molecule has 0 saturated carbocycles. The molecule has 2 heterocycles. The second-order valence-electron chi connectivity index (χ2n) is 8.93. The van der Waals surface area contributed by atoms with Gasteiger partial charge in [0, 0.05) is 5.56 Å². The second-order valence-corrected chi connectivity index (χ2v) is 10.8. The SMILES string of the molecule is CC(C)(C)c1ccc(S(=O)(=O)N2Cc3ccc(C(F)(F)F)nc3Nc3cccc(C#N)c32)cc1. The molecule has 3 aromatic rings. The fraction of sp³-hybridized carbons (Fsp3) is 0.250. The van der Waals surface area contributed by atoms with Crippen LogP contribution in [0.2, 0.25) is 0 Å². The number of aromatic nitrogens is 1. The molecule has 1 aromatic heterocycles. The van der Waals surface area contributed by atoms with Gasteiger partial charge in [-0.1, -0.05) is 45.0 Å². The topological polar surface area (TPSA) is 86.1 Å². The van der Waals surface area contributed by atoms with E-state index < -0.39 is 21.9 Å². The second kappa shape index (κ2) is 8.02. The number of alkyl halides is 3. The van der Waals surface area contributed by atoms with E-state index in [-0.39, 0.29) is 45.2 Å². The van der Waals surface area contributed by atoms with E-state index in [0.717, 1.165) is 15.9 Å². The molecule has 1 aliphatic rings. The molecule has 4 rings (SSSR count). The molecule has 0 radical (unpaired) electrons. The third-order valence-corrected chi connectivity index (χ3v) is 7.31. The number of hydrogen-bond acceptors (Lipinski definition) is 5. The minimum atomic E-state index is -4.67. The van der Waals surface area contributed by atoms with Crippen LogP contribution < -0.4 is 9.62 Å². The summed E-state index contributed by atoms with van der Waals surface area (Å²) in [5.74, 6) is -0.119. The lowest BCUT2D eigenvalue weighted by atomic mass is 9.87. The Balaban J connectivity index is 1.89. The highest BCUT2D eigenvalue weighted by atomic mass is 32.2. The Morgan fingerprint density at radius 2 is 1.71 bits per heavy atom. The van der Waals surface area contributed by atoms with Gasteiger partial charge in [-0.05, 0) is 41.3 Å². The predicted octanol–water partition coefficient (Wildman–Crippen LogP) is 5.72. The summed E-state index contributed by atoms with van der Waals surface area (Å²) >= 11 is 0. The average Bonchev–Trinajstić information content (AvgIpc) is 2.94. The Kier molecular flexibility index (Phi) is 5.56. The number of halogens is 3. The maximum absolute atomic E-state index is 13.8. The van der Waals surface area contributed by atoms with Crippen LogP contribution in [0, 0.1) is 11.3 Å². The quantitative estimate of drug-likeness (QED) is 0.501. The average molecular weight is 487 g/mol. The van der Waals surface area contributed by atoms with Gasteiger partial charge < -0.3 is 5.32 Å². The van der Waals surface area contributed by atoms with Gasteiger partial charge >= 0.3 is 6.18 Å². The highest BCUT2D eigenvalue weighted by Gasteiger charge is 2.36. The number of sulfonamides is 1. The summed E-state index contributed by atoms with van der Waals surface area (Å²) in [6.45, 7) is 5.71. The molecule has 0 bridgehead atoms. The smallest absolute Gasteiger partial charge is 0.338 e. The molecular weight excluding hydrogens is 465 g/mol. The van der Waals surface area contributed by atoms with E-state index in [1.807, 2.05) is 26.8 Å². The number of anilines is 3. The summed E-state index contributed by atoms with van der Waals surface area (Å²) in [4.78, 5) is 3.69. The Morgan fingerprint density at radius 3 is 2.29 bits per heavy atom. The number of para-hydroxylation sites is 1. The van der Waals surface area contributed by atoms with Crippen molar-refractivity contribution in [1.29, 1.82) is 5.26 Å². The first-order chi connectivity index (χ1) is 15.8. The van der Waals surface area contributed by atoms with Crippen molar-refractivity contribution in [2.75, 3.05) is 9.62 Å². The lowest BCUT2D eigenvalue weighted by Crippen LogP contribution is -2.31. The molecule has 0 fully saturated rings. The first-order valence-corrected chi connectivity index (χ1v) is 11.8. The maximum Gasteiger partial charge on any atom is 0.433 e. The van der Waals surface area contributed by atoms with Crippen molar-refractivity contribution in [3.8, 4) is 6.07 Å². The van der Waals surface area contributed by atoms with E-state index >= 15 is 0 Å². The Bertz CT molecular complexity index is 1400. The van der Waals surface area contributed by atoms with Crippen molar-refractivity contribution in [2.24, 2.45) is 0 Å². The van der Waals surface area contributed by atoms with Crippen LogP contribution in [0.4, 0.5) is 30.4 Å². The molecule has 0 spiro atoms. The zero-order chi connectivity index (χ0) is 24.9. The van der Waals surface area contributed by atoms with Crippen LogP contribution in [0.15, 0.2) is 59.5 Å². The standard InChI is InChI=1S/C24H21F3N4O2S/c1-23(2,3)17-8-10-18(11-9-17)34(32,33)31-14-16-7-12-20(24(25,26)27)30-22(16)29-19-6-4-5-15(13-28)21(19)31/h4-12H,14H2,1-3H3,(H,29,30). The molecule has 0 atom stereocenters. The number of pyridine rings is 1. The summed E-state index contributed by atoms with van der Waals surface area (Å²) in [6, 6.07) is 14.9. The van der Waals surface area contributed by atoms with Gasteiger partial charge in [-0.25, -0.2) is 13.4 Å². The maximum atomic E-state index is 13.8. The molecule has 0 unspecified atom stereocenters. The van der Waals surface area contributed by atoms with E-state index in [9.17, 15) is 26.9 Å². The van der Waals surface area contributed by atoms with Crippen molar-refractivity contribution in [2.45, 2.75) is 43.8 Å². The van der Waals surface area contributed by atoms with E-state index in [1.165, 1.54) is 36.4 Å². The highest BCUT2D eigenvalue weighted by molar-refractivity contribution is 7.92. The number of fused-ring (bicyclic) bond motifs is 2. The Morgan fingerprint density at radius 1 is 1.03 bits per heavy atom. The summed E-state index contributed by atoms with van der Waals surface area (Å²) in [6.07, 6.45) is -4.67. The van der Waals surface area contributed by atoms with Gasteiger partial charge in [0.2, 0.25) is 0 Å². The van der Waals surface area contributed by atoms with Gasteiger partial charge in [0.05, 0.1) is 28.4 Å². The van der Waals surface area contributed by atoms with Gasteiger partial charge in [-0.15, -0.1) is 0 Å². The normalized spacial score (nSPS) is 13.9. The van der Waals surface area contributed by atoms with Crippen LogP contribution in [-0.2, 0) is 28.2 Å². The zero-order valence-corrected chi connectivity index (χ0v) is 19.4. The van der Waals surface area contributed by atoms with Crippen LogP contribution in [0.3, 0.4) is 0 Å². The van der Waals surface area contributed by atoms with Crippen LogP contribution in [0.25, 0.3) is 0 Å². The molecule has 2 aromatic carbocycles. The van der Waals surface area contributed by atoms with Gasteiger partial charge in [-0.2, -0.15) is 18.4 Å². The lowest BCUT2D eigenvalue weighted by molar-refractivity contribution is -0.141. The molecule has 34 heavy (non-hydrogen) atoms. The van der Waals surface area contributed by atoms with Crippen molar-refractivity contribution >= 4 is 27.2 Å². The number of nitrogens with one attached hydrogen (secondary N) is 1.